The first-order valence-electron chi connectivity index (χ1n) is 3.88. The smallest absolute Gasteiger partial charge is 0.213 e. The van der Waals surface area contributed by atoms with Crippen molar-refractivity contribution in [3.63, 3.8) is 0 Å². The van der Waals surface area contributed by atoms with Crippen molar-refractivity contribution in [3.05, 3.63) is 12.2 Å². The molecule has 1 heterocycles. The summed E-state index contributed by atoms with van der Waals surface area (Å²) in [6.45, 7) is 1.96. The molecule has 68 valence electrons. The second kappa shape index (κ2) is 6.02. The molecular weight excluding hydrogens is 174 g/mol. The lowest BCUT2D eigenvalue weighted by Crippen LogP contribution is -2.20. The van der Waals surface area contributed by atoms with Crippen molar-refractivity contribution in [3.8, 4) is 0 Å². The van der Waals surface area contributed by atoms with Crippen molar-refractivity contribution in [2.24, 2.45) is 0 Å². The summed E-state index contributed by atoms with van der Waals surface area (Å²) in [6.07, 6.45) is 4.29. The van der Waals surface area contributed by atoms with E-state index in [1.54, 1.807) is 0 Å². The zero-order chi connectivity index (χ0) is 8.65. The van der Waals surface area contributed by atoms with Crippen molar-refractivity contribution in [2.45, 2.75) is 6.42 Å². The quantitative estimate of drug-likeness (QED) is 0.660. The molecule has 0 aliphatic rings. The van der Waals surface area contributed by atoms with Gasteiger partial charge in [0.25, 0.3) is 0 Å². The molecule has 0 aliphatic carbocycles. The first kappa shape index (κ1) is 9.54. The van der Waals surface area contributed by atoms with E-state index in [9.17, 15) is 0 Å². The predicted molar refractivity (Wildman–Crippen MR) is 49.3 cm³/mol. The molecule has 0 spiro atoms. The van der Waals surface area contributed by atoms with Crippen molar-refractivity contribution in [1.82, 2.24) is 15.5 Å². The summed E-state index contributed by atoms with van der Waals surface area (Å²) in [7, 11) is 0. The van der Waals surface area contributed by atoms with Crippen molar-refractivity contribution >= 4 is 11.8 Å². The monoisotopic (exact) mass is 187 g/mol. The van der Waals surface area contributed by atoms with Gasteiger partial charge in [-0.1, -0.05) is 5.16 Å². The second-order valence-electron chi connectivity index (χ2n) is 2.34. The molecular formula is C7H13N3OS. The highest BCUT2D eigenvalue weighted by Gasteiger charge is 1.96. The first-order valence-corrected chi connectivity index (χ1v) is 5.28. The molecule has 0 unspecified atom stereocenters. The van der Waals surface area contributed by atoms with Gasteiger partial charge in [0.15, 0.2) is 5.82 Å². The summed E-state index contributed by atoms with van der Waals surface area (Å²) in [5.41, 5.74) is 0. The van der Waals surface area contributed by atoms with E-state index < -0.39 is 0 Å². The molecule has 4 nitrogen and oxygen atoms in total. The summed E-state index contributed by atoms with van der Waals surface area (Å²) in [5, 5.41) is 6.98. The van der Waals surface area contributed by atoms with Crippen LogP contribution in [-0.4, -0.2) is 35.2 Å². The number of hydrogen-bond donors (Lipinski definition) is 1. The third-order valence-corrected chi connectivity index (χ3v) is 2.03. The molecule has 0 radical (unpaired) electrons. The summed E-state index contributed by atoms with van der Waals surface area (Å²) < 4.78 is 4.60. The Kier molecular flexibility index (Phi) is 4.79. The van der Waals surface area contributed by atoms with Gasteiger partial charge >= 0.3 is 0 Å². The van der Waals surface area contributed by atoms with Crippen LogP contribution in [0.3, 0.4) is 0 Å². The van der Waals surface area contributed by atoms with E-state index in [4.69, 9.17) is 0 Å². The van der Waals surface area contributed by atoms with Gasteiger partial charge in [-0.05, 0) is 6.26 Å². The van der Waals surface area contributed by atoms with E-state index in [0.29, 0.717) is 0 Å². The highest BCUT2D eigenvalue weighted by atomic mass is 32.2. The zero-order valence-corrected chi connectivity index (χ0v) is 7.93. The van der Waals surface area contributed by atoms with E-state index >= 15 is 0 Å². The Morgan fingerprint density at radius 1 is 1.58 bits per heavy atom. The van der Waals surface area contributed by atoms with Gasteiger partial charge in [-0.15, -0.1) is 0 Å². The molecule has 0 saturated heterocycles. The van der Waals surface area contributed by atoms with Crippen molar-refractivity contribution in [1.29, 1.82) is 0 Å². The van der Waals surface area contributed by atoms with E-state index in [1.807, 2.05) is 11.8 Å². The fourth-order valence-corrected chi connectivity index (χ4v) is 1.15. The third-order valence-electron chi connectivity index (χ3n) is 1.42. The first-order chi connectivity index (χ1) is 5.93. The van der Waals surface area contributed by atoms with Crippen LogP contribution in [0.25, 0.3) is 0 Å². The standard InChI is InChI=1S/C7H13N3OS/c1-12-5-4-8-3-2-7-9-6-11-10-7/h6,8H,2-5H2,1H3. The molecule has 0 bridgehead atoms. The van der Waals surface area contributed by atoms with Gasteiger partial charge in [0, 0.05) is 25.3 Å². The van der Waals surface area contributed by atoms with Gasteiger partial charge in [0.2, 0.25) is 6.39 Å². The van der Waals surface area contributed by atoms with Crippen LogP contribution < -0.4 is 5.32 Å². The number of nitrogens with zero attached hydrogens (tertiary/aromatic N) is 2. The van der Waals surface area contributed by atoms with Gasteiger partial charge in [-0.25, -0.2) is 0 Å². The minimum absolute atomic E-state index is 0.770. The Balaban J connectivity index is 1.96. The Labute approximate surface area is 76.1 Å². The molecule has 0 aromatic carbocycles. The minimum Gasteiger partial charge on any atom is -0.343 e. The molecule has 0 amide bonds. The molecule has 0 aliphatic heterocycles. The van der Waals surface area contributed by atoms with Crippen LogP contribution in [0.2, 0.25) is 0 Å². The highest BCUT2D eigenvalue weighted by Crippen LogP contribution is 1.89. The average molecular weight is 187 g/mol. The van der Waals surface area contributed by atoms with Gasteiger partial charge in [-0.3, -0.25) is 0 Å². The van der Waals surface area contributed by atoms with E-state index in [1.165, 1.54) is 6.39 Å². The Bertz CT molecular complexity index is 191. The van der Waals surface area contributed by atoms with Crippen LogP contribution in [-0.2, 0) is 6.42 Å². The Hall–Kier alpha value is -0.550. The molecule has 1 N–H and O–H groups in total. The molecule has 0 saturated carbocycles. The minimum atomic E-state index is 0.770. The number of hydrogen-bond acceptors (Lipinski definition) is 5. The summed E-state index contributed by atoms with van der Waals surface area (Å²) in [5.74, 6) is 1.92. The van der Waals surface area contributed by atoms with Crippen LogP contribution >= 0.6 is 11.8 Å². The fourth-order valence-electron chi connectivity index (χ4n) is 0.802. The number of rotatable bonds is 6. The maximum atomic E-state index is 4.60. The van der Waals surface area contributed by atoms with Crippen molar-refractivity contribution in [2.75, 3.05) is 25.1 Å². The molecule has 1 aromatic heterocycles. The van der Waals surface area contributed by atoms with Gasteiger partial charge in [-0.2, -0.15) is 16.7 Å². The third kappa shape index (κ3) is 3.73. The molecule has 5 heteroatoms. The fraction of sp³-hybridized carbons (Fsp3) is 0.714. The summed E-state index contributed by atoms with van der Waals surface area (Å²) >= 11 is 1.84. The van der Waals surface area contributed by atoms with E-state index in [-0.39, 0.29) is 0 Å². The lowest BCUT2D eigenvalue weighted by Gasteiger charge is -1.99. The zero-order valence-electron chi connectivity index (χ0n) is 7.12. The van der Waals surface area contributed by atoms with Gasteiger partial charge < -0.3 is 9.84 Å². The van der Waals surface area contributed by atoms with Crippen LogP contribution in [0.1, 0.15) is 5.82 Å². The van der Waals surface area contributed by atoms with Crippen molar-refractivity contribution < 1.29 is 4.52 Å². The maximum absolute atomic E-state index is 4.60. The lowest BCUT2D eigenvalue weighted by molar-refractivity contribution is 0.409. The predicted octanol–water partition coefficient (Wildman–Crippen LogP) is 0.565. The van der Waals surface area contributed by atoms with Crippen LogP contribution in [0, 0.1) is 0 Å². The topological polar surface area (TPSA) is 51.0 Å². The van der Waals surface area contributed by atoms with Crippen LogP contribution in [0.5, 0.6) is 0 Å². The molecule has 12 heavy (non-hydrogen) atoms. The number of nitrogens with one attached hydrogen (secondary N) is 1. The van der Waals surface area contributed by atoms with E-state index in [0.717, 1.165) is 31.1 Å². The highest BCUT2D eigenvalue weighted by molar-refractivity contribution is 7.98. The largest absolute Gasteiger partial charge is 0.343 e. The second-order valence-corrected chi connectivity index (χ2v) is 3.33. The Morgan fingerprint density at radius 2 is 2.50 bits per heavy atom. The molecule has 1 aromatic rings. The SMILES string of the molecule is CSCCNCCc1ncon1. The normalized spacial score (nSPS) is 10.4. The lowest BCUT2D eigenvalue weighted by atomic mass is 10.4. The van der Waals surface area contributed by atoms with Gasteiger partial charge in [0.1, 0.15) is 0 Å². The molecule has 1 rings (SSSR count). The summed E-state index contributed by atoms with van der Waals surface area (Å²) in [6, 6.07) is 0. The average Bonchev–Trinajstić information content (AvgIpc) is 2.57. The summed E-state index contributed by atoms with van der Waals surface area (Å²) in [4.78, 5) is 3.91. The van der Waals surface area contributed by atoms with E-state index in [2.05, 4.69) is 26.2 Å². The van der Waals surface area contributed by atoms with Gasteiger partial charge in [0.05, 0.1) is 0 Å². The Morgan fingerprint density at radius 3 is 3.17 bits per heavy atom. The van der Waals surface area contributed by atoms with Crippen LogP contribution in [0.15, 0.2) is 10.9 Å². The van der Waals surface area contributed by atoms with Crippen LogP contribution in [0.4, 0.5) is 0 Å². The number of aromatic nitrogens is 2. The maximum Gasteiger partial charge on any atom is 0.213 e. The number of thioether (sulfide) groups is 1. The molecule has 0 atom stereocenters. The molecule has 0 fully saturated rings.